The molecule has 0 bridgehead atoms. The second-order valence-corrected chi connectivity index (χ2v) is 8.88. The molecule has 0 radical (unpaired) electrons. The van der Waals surface area contributed by atoms with Crippen LogP contribution in [0.25, 0.3) is 0 Å². The summed E-state index contributed by atoms with van der Waals surface area (Å²) in [5, 5.41) is 9.11. The van der Waals surface area contributed by atoms with Crippen molar-refractivity contribution in [3.8, 4) is 0 Å². The fraction of sp³-hybridized carbons (Fsp3) is 0.417. The van der Waals surface area contributed by atoms with Crippen molar-refractivity contribution < 1.29 is 28.2 Å². The number of carboxylic acids is 1. The molecule has 1 fully saturated rings. The minimum atomic E-state index is -2.93. The van der Waals surface area contributed by atoms with Crippen LogP contribution < -0.4 is 0 Å². The number of carbonyl (C=O) groups is 2. The molecule has 0 aromatic heterocycles. The summed E-state index contributed by atoms with van der Waals surface area (Å²) in [5.41, 5.74) is 1.08. The highest BCUT2D eigenvalue weighted by Crippen LogP contribution is 2.35. The molecule has 8 heteroatoms. The van der Waals surface area contributed by atoms with Crippen molar-refractivity contribution in [2.75, 3.05) is 13.2 Å². The molecule has 172 valence electrons. The van der Waals surface area contributed by atoms with E-state index in [1.807, 2.05) is 6.07 Å². The normalized spacial score (nSPS) is 16.7. The number of rotatable bonds is 10. The van der Waals surface area contributed by atoms with Gasteiger partial charge in [0.05, 0.1) is 12.2 Å². The van der Waals surface area contributed by atoms with Crippen LogP contribution >= 0.6 is 15.9 Å². The lowest BCUT2D eigenvalue weighted by molar-refractivity contribution is -0.0191. The van der Waals surface area contributed by atoms with E-state index in [-0.39, 0.29) is 30.0 Å². The molecule has 1 N–H and O–H groups in total. The van der Waals surface area contributed by atoms with E-state index in [1.165, 1.54) is 18.2 Å². The Morgan fingerprint density at radius 1 is 1.19 bits per heavy atom. The smallest absolute Gasteiger partial charge is 0.410 e. The number of amides is 1. The SMILES string of the molecule is O=C(O)c1cccc(CCCN2C(=O)OCC[C@@H]2CCCC(F)(F)c2cccc(Br)c2)c1. The van der Waals surface area contributed by atoms with Gasteiger partial charge in [0.2, 0.25) is 0 Å². The molecule has 1 amide bonds. The molecule has 1 atom stereocenters. The van der Waals surface area contributed by atoms with E-state index in [2.05, 4.69) is 15.9 Å². The van der Waals surface area contributed by atoms with Crippen molar-refractivity contribution >= 4 is 28.0 Å². The highest BCUT2D eigenvalue weighted by Gasteiger charge is 2.33. The van der Waals surface area contributed by atoms with Gasteiger partial charge in [-0.05, 0) is 55.5 Å². The van der Waals surface area contributed by atoms with E-state index in [0.717, 1.165) is 5.56 Å². The van der Waals surface area contributed by atoms with E-state index in [0.29, 0.717) is 43.3 Å². The van der Waals surface area contributed by atoms with E-state index in [4.69, 9.17) is 9.84 Å². The quantitative estimate of drug-likeness (QED) is 0.410. The van der Waals surface area contributed by atoms with Gasteiger partial charge in [0.25, 0.3) is 5.92 Å². The summed E-state index contributed by atoms with van der Waals surface area (Å²) < 4.78 is 34.9. The molecule has 0 aliphatic carbocycles. The maximum absolute atomic E-state index is 14.6. The molecule has 0 saturated carbocycles. The van der Waals surface area contributed by atoms with E-state index in [1.54, 1.807) is 29.2 Å². The fourth-order valence-corrected chi connectivity index (χ4v) is 4.38. The Morgan fingerprint density at radius 3 is 2.72 bits per heavy atom. The average Bonchev–Trinajstić information content (AvgIpc) is 2.75. The van der Waals surface area contributed by atoms with Crippen LogP contribution in [0.1, 0.15) is 53.6 Å². The lowest BCUT2D eigenvalue weighted by atomic mass is 9.98. The number of ether oxygens (including phenoxy) is 1. The van der Waals surface area contributed by atoms with Gasteiger partial charge in [0, 0.05) is 35.5 Å². The molecule has 2 aromatic carbocycles. The zero-order valence-corrected chi connectivity index (χ0v) is 19.2. The molecule has 1 aliphatic heterocycles. The first-order valence-electron chi connectivity index (χ1n) is 10.7. The molecule has 32 heavy (non-hydrogen) atoms. The first-order chi connectivity index (χ1) is 15.3. The van der Waals surface area contributed by atoms with Crippen molar-refractivity contribution in [2.24, 2.45) is 0 Å². The van der Waals surface area contributed by atoms with Gasteiger partial charge >= 0.3 is 12.1 Å². The van der Waals surface area contributed by atoms with Crippen molar-refractivity contribution in [3.63, 3.8) is 0 Å². The zero-order chi connectivity index (χ0) is 23.1. The van der Waals surface area contributed by atoms with Crippen LogP contribution in [-0.2, 0) is 17.1 Å². The van der Waals surface area contributed by atoms with Gasteiger partial charge in [0.1, 0.15) is 0 Å². The van der Waals surface area contributed by atoms with Gasteiger partial charge in [-0.3, -0.25) is 0 Å². The summed E-state index contributed by atoms with van der Waals surface area (Å²) in [7, 11) is 0. The number of carboxylic acid groups (broad SMARTS) is 1. The summed E-state index contributed by atoms with van der Waals surface area (Å²) in [4.78, 5) is 25.0. The Bertz CT molecular complexity index is 953. The summed E-state index contributed by atoms with van der Waals surface area (Å²) in [6.45, 7) is 0.728. The van der Waals surface area contributed by atoms with Gasteiger partial charge in [-0.1, -0.05) is 40.2 Å². The molecule has 1 saturated heterocycles. The minimum absolute atomic E-state index is 0.0182. The second kappa shape index (κ2) is 10.9. The second-order valence-electron chi connectivity index (χ2n) is 7.97. The summed E-state index contributed by atoms with van der Waals surface area (Å²) >= 11 is 3.23. The van der Waals surface area contributed by atoms with Crippen LogP contribution in [0.3, 0.4) is 0 Å². The van der Waals surface area contributed by atoms with E-state index < -0.39 is 18.0 Å². The molecular weight excluding hydrogens is 484 g/mol. The van der Waals surface area contributed by atoms with Crippen molar-refractivity contribution in [2.45, 2.75) is 50.5 Å². The predicted octanol–water partition coefficient (Wildman–Crippen LogP) is 6.25. The molecule has 2 aromatic rings. The van der Waals surface area contributed by atoms with Crippen molar-refractivity contribution in [1.82, 2.24) is 4.90 Å². The molecule has 0 unspecified atom stereocenters. The molecule has 1 heterocycles. The Balaban J connectivity index is 1.53. The van der Waals surface area contributed by atoms with Crippen LogP contribution in [0.4, 0.5) is 13.6 Å². The number of benzene rings is 2. The Hall–Kier alpha value is -2.48. The molecule has 5 nitrogen and oxygen atoms in total. The monoisotopic (exact) mass is 509 g/mol. The molecule has 3 rings (SSSR count). The highest BCUT2D eigenvalue weighted by molar-refractivity contribution is 9.10. The number of cyclic esters (lactones) is 1. The fourth-order valence-electron chi connectivity index (χ4n) is 3.98. The predicted molar refractivity (Wildman–Crippen MR) is 120 cm³/mol. The Morgan fingerprint density at radius 2 is 1.97 bits per heavy atom. The van der Waals surface area contributed by atoms with E-state index >= 15 is 0 Å². The number of carbonyl (C=O) groups excluding carboxylic acids is 1. The maximum Gasteiger partial charge on any atom is 0.410 e. The third-order valence-electron chi connectivity index (χ3n) is 5.67. The summed E-state index contributed by atoms with van der Waals surface area (Å²) in [5.74, 6) is -3.91. The van der Waals surface area contributed by atoms with Crippen LogP contribution in [0.2, 0.25) is 0 Å². The number of aromatic carboxylic acids is 1. The van der Waals surface area contributed by atoms with Crippen LogP contribution in [0.15, 0.2) is 53.0 Å². The van der Waals surface area contributed by atoms with Crippen LogP contribution in [0.5, 0.6) is 0 Å². The molecular formula is C24H26BrF2NO4. The first kappa shape index (κ1) is 24.2. The number of hydrogen-bond donors (Lipinski definition) is 1. The average molecular weight is 510 g/mol. The number of halogens is 3. The van der Waals surface area contributed by atoms with Crippen LogP contribution in [0, 0.1) is 0 Å². The van der Waals surface area contributed by atoms with Crippen molar-refractivity contribution in [3.05, 3.63) is 69.7 Å². The summed E-state index contributed by atoms with van der Waals surface area (Å²) in [6, 6.07) is 12.7. The lowest BCUT2D eigenvalue weighted by Gasteiger charge is -2.35. The van der Waals surface area contributed by atoms with Crippen molar-refractivity contribution in [1.29, 1.82) is 0 Å². The summed E-state index contributed by atoms with van der Waals surface area (Å²) in [6.07, 6.45) is 1.91. The van der Waals surface area contributed by atoms with E-state index in [9.17, 15) is 18.4 Å². The Labute approximate surface area is 194 Å². The molecule has 0 spiro atoms. The maximum atomic E-state index is 14.6. The lowest BCUT2D eigenvalue weighted by Crippen LogP contribution is -2.46. The first-order valence-corrected chi connectivity index (χ1v) is 11.4. The number of hydrogen-bond acceptors (Lipinski definition) is 3. The number of nitrogens with zero attached hydrogens (tertiary/aromatic N) is 1. The third-order valence-corrected chi connectivity index (χ3v) is 6.16. The zero-order valence-electron chi connectivity index (χ0n) is 17.6. The van der Waals surface area contributed by atoms with Gasteiger partial charge in [-0.25, -0.2) is 18.4 Å². The van der Waals surface area contributed by atoms with Crippen LogP contribution in [-0.4, -0.2) is 41.3 Å². The standard InChI is InChI=1S/C24H26BrF2NO4/c25-20-9-2-8-19(16-20)24(26,27)12-3-10-21-11-14-32-23(31)28(21)13-4-6-17-5-1-7-18(15-17)22(29)30/h1-2,5,7-9,15-16,21H,3-4,6,10-14H2,(H,29,30)/t21-/m0/s1. The topological polar surface area (TPSA) is 66.8 Å². The number of aryl methyl sites for hydroxylation is 1. The van der Waals surface area contributed by atoms with Gasteiger partial charge < -0.3 is 14.7 Å². The highest BCUT2D eigenvalue weighted by atomic mass is 79.9. The van der Waals surface area contributed by atoms with Gasteiger partial charge in [-0.15, -0.1) is 0 Å². The third kappa shape index (κ3) is 6.51. The number of alkyl halides is 2. The van der Waals surface area contributed by atoms with Gasteiger partial charge in [0.15, 0.2) is 0 Å². The Kier molecular flexibility index (Phi) is 8.23. The minimum Gasteiger partial charge on any atom is -0.478 e. The largest absolute Gasteiger partial charge is 0.478 e. The molecule has 1 aliphatic rings. The van der Waals surface area contributed by atoms with Gasteiger partial charge in [-0.2, -0.15) is 0 Å².